The van der Waals surface area contributed by atoms with Crippen molar-refractivity contribution in [1.29, 1.82) is 0 Å². The average molecular weight is 277 g/mol. The molecule has 110 valence electrons. The zero-order chi connectivity index (χ0) is 14.6. The first-order chi connectivity index (χ1) is 9.47. The minimum Gasteiger partial charge on any atom is -0.382 e. The second kappa shape index (κ2) is 6.17. The third kappa shape index (κ3) is 3.90. The molecular formula is C14H23N5O. The Morgan fingerprint density at radius 2 is 2.00 bits per heavy atom. The van der Waals surface area contributed by atoms with E-state index in [-0.39, 0.29) is 0 Å². The Labute approximate surface area is 119 Å². The van der Waals surface area contributed by atoms with Crippen molar-refractivity contribution in [2.24, 2.45) is 5.41 Å². The first kappa shape index (κ1) is 14.7. The van der Waals surface area contributed by atoms with Crippen LogP contribution in [0.15, 0.2) is 12.7 Å². The lowest BCUT2D eigenvalue weighted by molar-refractivity contribution is 0.104. The second-order valence-electron chi connectivity index (χ2n) is 6.15. The zero-order valence-corrected chi connectivity index (χ0v) is 12.5. The van der Waals surface area contributed by atoms with E-state index in [0.29, 0.717) is 16.7 Å². The van der Waals surface area contributed by atoms with Crippen LogP contribution in [0.5, 0.6) is 0 Å². The number of aromatic nitrogens is 4. The number of rotatable bonds is 6. The molecule has 6 nitrogen and oxygen atoms in total. The number of fused-ring (bicyclic) bond motifs is 1. The van der Waals surface area contributed by atoms with Crippen LogP contribution in [-0.2, 0) is 11.3 Å². The molecule has 0 aliphatic heterocycles. The molecule has 0 spiro atoms. The Hall–Kier alpha value is -1.69. The maximum absolute atomic E-state index is 5.75. The number of ether oxygens (including phenoxy) is 1. The van der Waals surface area contributed by atoms with E-state index in [0.717, 1.165) is 38.2 Å². The minimum atomic E-state index is 0.328. The number of nitrogens with two attached hydrogens (primary N) is 1. The fourth-order valence-electron chi connectivity index (χ4n) is 1.88. The predicted molar refractivity (Wildman–Crippen MR) is 79.2 cm³/mol. The Kier molecular flexibility index (Phi) is 4.54. The molecule has 0 aliphatic carbocycles. The molecule has 2 aromatic heterocycles. The highest BCUT2D eigenvalue weighted by atomic mass is 16.5. The standard InChI is InChI=1S/C14H23N5O/c1-14(2,3)5-8-20-7-4-6-19-10-18-11-12(15)16-9-17-13(11)19/h9-10H,4-8H2,1-3H3,(H2,15,16,17). The summed E-state index contributed by atoms with van der Waals surface area (Å²) < 4.78 is 7.64. The number of imidazole rings is 1. The maximum atomic E-state index is 5.75. The normalized spacial score (nSPS) is 12.2. The van der Waals surface area contributed by atoms with Crippen LogP contribution in [0, 0.1) is 5.41 Å². The van der Waals surface area contributed by atoms with Gasteiger partial charge in [-0.05, 0) is 18.3 Å². The van der Waals surface area contributed by atoms with E-state index < -0.39 is 0 Å². The summed E-state index contributed by atoms with van der Waals surface area (Å²) >= 11 is 0. The molecule has 2 rings (SSSR count). The van der Waals surface area contributed by atoms with Gasteiger partial charge in [0.05, 0.1) is 6.33 Å². The van der Waals surface area contributed by atoms with E-state index >= 15 is 0 Å². The molecule has 0 unspecified atom stereocenters. The smallest absolute Gasteiger partial charge is 0.165 e. The van der Waals surface area contributed by atoms with Crippen LogP contribution < -0.4 is 5.73 Å². The highest BCUT2D eigenvalue weighted by Crippen LogP contribution is 2.18. The third-order valence-corrected chi connectivity index (χ3v) is 3.11. The summed E-state index contributed by atoms with van der Waals surface area (Å²) in [5.41, 5.74) is 7.53. The molecule has 2 heterocycles. The van der Waals surface area contributed by atoms with Crippen LogP contribution in [-0.4, -0.2) is 32.7 Å². The summed E-state index contributed by atoms with van der Waals surface area (Å²) in [7, 11) is 0. The molecule has 6 heteroatoms. The Balaban J connectivity index is 1.78. The lowest BCUT2D eigenvalue weighted by Gasteiger charge is -2.17. The van der Waals surface area contributed by atoms with E-state index in [2.05, 4.69) is 35.7 Å². The van der Waals surface area contributed by atoms with Gasteiger partial charge in [0, 0.05) is 19.8 Å². The fraction of sp³-hybridized carbons (Fsp3) is 0.643. The van der Waals surface area contributed by atoms with Crippen molar-refractivity contribution in [3.05, 3.63) is 12.7 Å². The summed E-state index contributed by atoms with van der Waals surface area (Å²) in [6, 6.07) is 0. The van der Waals surface area contributed by atoms with Crippen LogP contribution in [0.4, 0.5) is 5.82 Å². The minimum absolute atomic E-state index is 0.328. The van der Waals surface area contributed by atoms with Crippen LogP contribution >= 0.6 is 0 Å². The van der Waals surface area contributed by atoms with Gasteiger partial charge in [0.2, 0.25) is 0 Å². The quantitative estimate of drug-likeness (QED) is 0.819. The molecule has 0 aliphatic rings. The van der Waals surface area contributed by atoms with Gasteiger partial charge >= 0.3 is 0 Å². The molecular weight excluding hydrogens is 254 g/mol. The topological polar surface area (TPSA) is 78.9 Å². The summed E-state index contributed by atoms with van der Waals surface area (Å²) in [6.45, 7) is 9.04. The monoisotopic (exact) mass is 277 g/mol. The summed E-state index contributed by atoms with van der Waals surface area (Å²) in [5.74, 6) is 0.426. The van der Waals surface area contributed by atoms with Crippen molar-refractivity contribution in [3.8, 4) is 0 Å². The van der Waals surface area contributed by atoms with Crippen molar-refractivity contribution in [3.63, 3.8) is 0 Å². The van der Waals surface area contributed by atoms with Crippen LogP contribution in [0.3, 0.4) is 0 Å². The molecule has 0 amide bonds. The van der Waals surface area contributed by atoms with Gasteiger partial charge in [-0.1, -0.05) is 20.8 Å². The second-order valence-corrected chi connectivity index (χ2v) is 6.15. The lowest BCUT2D eigenvalue weighted by Crippen LogP contribution is -2.10. The van der Waals surface area contributed by atoms with Gasteiger partial charge < -0.3 is 15.0 Å². The highest BCUT2D eigenvalue weighted by molar-refractivity contribution is 5.80. The van der Waals surface area contributed by atoms with Crippen molar-refractivity contribution in [1.82, 2.24) is 19.5 Å². The van der Waals surface area contributed by atoms with E-state index in [9.17, 15) is 0 Å². The Morgan fingerprint density at radius 3 is 2.75 bits per heavy atom. The van der Waals surface area contributed by atoms with Gasteiger partial charge in [-0.2, -0.15) is 0 Å². The number of hydrogen-bond acceptors (Lipinski definition) is 5. The highest BCUT2D eigenvalue weighted by Gasteiger charge is 2.09. The lowest BCUT2D eigenvalue weighted by atomic mass is 9.93. The van der Waals surface area contributed by atoms with Gasteiger partial charge in [-0.3, -0.25) is 0 Å². The van der Waals surface area contributed by atoms with Gasteiger partial charge in [-0.15, -0.1) is 0 Å². The number of hydrogen-bond donors (Lipinski definition) is 1. The fourth-order valence-corrected chi connectivity index (χ4v) is 1.88. The molecule has 20 heavy (non-hydrogen) atoms. The Morgan fingerprint density at radius 1 is 1.20 bits per heavy atom. The number of aryl methyl sites for hydroxylation is 1. The van der Waals surface area contributed by atoms with Gasteiger partial charge in [-0.25, -0.2) is 15.0 Å². The molecule has 2 N–H and O–H groups in total. The van der Waals surface area contributed by atoms with E-state index in [1.165, 1.54) is 6.33 Å². The van der Waals surface area contributed by atoms with Gasteiger partial charge in [0.1, 0.15) is 11.8 Å². The summed E-state index contributed by atoms with van der Waals surface area (Å²) in [5, 5.41) is 0. The molecule has 0 saturated carbocycles. The van der Waals surface area contributed by atoms with E-state index in [1.54, 1.807) is 6.33 Å². The van der Waals surface area contributed by atoms with E-state index in [1.807, 2.05) is 4.57 Å². The molecule has 0 saturated heterocycles. The first-order valence-corrected chi connectivity index (χ1v) is 6.96. The summed E-state index contributed by atoms with van der Waals surface area (Å²) in [4.78, 5) is 12.4. The largest absolute Gasteiger partial charge is 0.382 e. The van der Waals surface area contributed by atoms with Gasteiger partial charge in [0.25, 0.3) is 0 Å². The van der Waals surface area contributed by atoms with Crippen LogP contribution in [0.1, 0.15) is 33.6 Å². The van der Waals surface area contributed by atoms with E-state index in [4.69, 9.17) is 10.5 Å². The molecule has 0 aromatic carbocycles. The Bertz CT molecular complexity index is 558. The summed E-state index contributed by atoms with van der Waals surface area (Å²) in [6.07, 6.45) is 5.23. The number of nitrogen functional groups attached to an aromatic ring is 1. The molecule has 2 aromatic rings. The van der Waals surface area contributed by atoms with Crippen molar-refractivity contribution in [2.75, 3.05) is 18.9 Å². The molecule has 0 bridgehead atoms. The van der Waals surface area contributed by atoms with Crippen LogP contribution in [0.25, 0.3) is 11.2 Å². The average Bonchev–Trinajstić information content (AvgIpc) is 2.77. The van der Waals surface area contributed by atoms with Crippen LogP contribution in [0.2, 0.25) is 0 Å². The third-order valence-electron chi connectivity index (χ3n) is 3.11. The maximum Gasteiger partial charge on any atom is 0.165 e. The van der Waals surface area contributed by atoms with Gasteiger partial charge in [0.15, 0.2) is 11.5 Å². The molecule has 0 atom stereocenters. The van der Waals surface area contributed by atoms with Crippen molar-refractivity contribution >= 4 is 17.0 Å². The first-order valence-electron chi connectivity index (χ1n) is 6.96. The molecule has 0 radical (unpaired) electrons. The van der Waals surface area contributed by atoms with Crippen molar-refractivity contribution < 1.29 is 4.74 Å². The van der Waals surface area contributed by atoms with Crippen molar-refractivity contribution in [2.45, 2.75) is 40.2 Å². The number of nitrogens with zero attached hydrogens (tertiary/aromatic N) is 4. The SMILES string of the molecule is CC(C)(C)CCOCCCn1cnc2c(N)ncnc21. The molecule has 0 fully saturated rings. The number of anilines is 1. The predicted octanol–water partition coefficient (Wildman–Crippen LogP) is 2.25. The zero-order valence-electron chi connectivity index (χ0n) is 12.5.